The Bertz CT molecular complexity index is 1990. The van der Waals surface area contributed by atoms with Crippen molar-refractivity contribution in [2.75, 3.05) is 13.2 Å². The topological polar surface area (TPSA) is 164 Å². The minimum atomic E-state index is -1.97. The summed E-state index contributed by atoms with van der Waals surface area (Å²) in [7, 11) is 0. The fourth-order valence-electron chi connectivity index (χ4n) is 6.36. The van der Waals surface area contributed by atoms with Crippen molar-refractivity contribution in [3.8, 4) is 17.1 Å². The summed E-state index contributed by atoms with van der Waals surface area (Å²) in [5.41, 5.74) is 0.820. The molecule has 0 saturated heterocycles. The molecule has 13 nitrogen and oxygen atoms in total. The van der Waals surface area contributed by atoms with E-state index in [9.17, 15) is 29.1 Å². The highest BCUT2D eigenvalue weighted by Gasteiger charge is 2.51. The average molecular weight is 690 g/mol. The van der Waals surface area contributed by atoms with Crippen LogP contribution in [-0.4, -0.2) is 68.4 Å². The second-order valence-corrected chi connectivity index (χ2v) is 13.6. The maximum absolute atomic E-state index is 14.0. The number of amides is 1. The van der Waals surface area contributed by atoms with E-state index in [0.717, 1.165) is 21.4 Å². The Morgan fingerprint density at radius 1 is 1.14 bits per heavy atom. The molecule has 0 radical (unpaired) electrons. The quantitative estimate of drug-likeness (QED) is 0.142. The lowest BCUT2D eigenvalue weighted by Crippen LogP contribution is -2.50. The van der Waals surface area contributed by atoms with Crippen LogP contribution in [0.1, 0.15) is 84.1 Å². The summed E-state index contributed by atoms with van der Waals surface area (Å²) < 4.78 is 23.7. The summed E-state index contributed by atoms with van der Waals surface area (Å²) in [6.07, 6.45) is 1.16. The molecule has 0 aliphatic carbocycles. The van der Waals surface area contributed by atoms with E-state index >= 15 is 0 Å². The molecule has 50 heavy (non-hydrogen) atoms. The Hall–Kier alpha value is -5.20. The van der Waals surface area contributed by atoms with Gasteiger partial charge in [0.1, 0.15) is 31.1 Å². The molecule has 0 unspecified atom stereocenters. The molecule has 2 aliphatic rings. The molecule has 0 saturated carbocycles. The largest absolute Gasteiger partial charge is 0.508 e. The van der Waals surface area contributed by atoms with Crippen molar-refractivity contribution in [1.29, 1.82) is 0 Å². The van der Waals surface area contributed by atoms with E-state index in [1.165, 1.54) is 6.08 Å². The number of fused-ring (bicyclic) bond motifs is 5. The van der Waals surface area contributed by atoms with Gasteiger partial charge < -0.3 is 28.6 Å². The zero-order valence-corrected chi connectivity index (χ0v) is 29.7. The molecule has 0 bridgehead atoms. The molecule has 4 heterocycles. The van der Waals surface area contributed by atoms with E-state index in [2.05, 4.69) is 0 Å². The molecule has 0 fully saturated rings. The summed E-state index contributed by atoms with van der Waals surface area (Å²) >= 11 is 0. The number of rotatable bonds is 9. The van der Waals surface area contributed by atoms with Gasteiger partial charge in [-0.3, -0.25) is 14.5 Å². The molecule has 1 amide bonds. The lowest BCUT2D eigenvalue weighted by atomic mass is 9.85. The minimum Gasteiger partial charge on any atom is -0.508 e. The van der Waals surface area contributed by atoms with E-state index in [1.54, 1.807) is 77.3 Å². The number of aromatic hydroxyl groups is 1. The van der Waals surface area contributed by atoms with Crippen LogP contribution in [0.4, 0.5) is 4.79 Å². The van der Waals surface area contributed by atoms with Crippen LogP contribution in [0.25, 0.3) is 22.3 Å². The summed E-state index contributed by atoms with van der Waals surface area (Å²) in [4.78, 5) is 72.8. The van der Waals surface area contributed by atoms with Crippen molar-refractivity contribution in [1.82, 2.24) is 14.5 Å². The van der Waals surface area contributed by atoms with Gasteiger partial charge in [-0.25, -0.2) is 19.4 Å². The molecule has 0 spiro atoms. The van der Waals surface area contributed by atoms with Crippen LogP contribution in [0.3, 0.4) is 0 Å². The first kappa shape index (κ1) is 36.1. The van der Waals surface area contributed by atoms with Crippen molar-refractivity contribution >= 4 is 34.9 Å². The van der Waals surface area contributed by atoms with Crippen LogP contribution in [0.15, 0.2) is 40.7 Å². The second-order valence-electron chi connectivity index (χ2n) is 13.6. The number of nitrogens with zero attached hydrogens (tertiary/aromatic N) is 3. The van der Waals surface area contributed by atoms with E-state index in [-0.39, 0.29) is 48.6 Å². The van der Waals surface area contributed by atoms with Gasteiger partial charge in [-0.05, 0) is 84.2 Å². The number of carbonyl (C=O) groups excluding carboxylic acids is 4. The van der Waals surface area contributed by atoms with Crippen molar-refractivity contribution in [2.24, 2.45) is 0 Å². The number of aryl methyl sites for hydroxylation is 1. The number of pyridine rings is 2. The predicted molar refractivity (Wildman–Crippen MR) is 182 cm³/mol. The highest BCUT2D eigenvalue weighted by Crippen LogP contribution is 2.42. The summed E-state index contributed by atoms with van der Waals surface area (Å²) in [5, 5.41) is 10.9. The summed E-state index contributed by atoms with van der Waals surface area (Å²) in [6.45, 7) is 12.7. The maximum atomic E-state index is 14.0. The minimum absolute atomic E-state index is 0.0579. The van der Waals surface area contributed by atoms with Crippen LogP contribution in [0, 0.1) is 0 Å². The Morgan fingerprint density at radius 2 is 1.86 bits per heavy atom. The number of allylic oxidation sites excluding steroid dienone is 1. The summed E-state index contributed by atoms with van der Waals surface area (Å²) in [6, 6.07) is 6.05. The molecule has 2 aromatic heterocycles. The number of carbonyl (C=O) groups is 4. The Labute approximate surface area is 289 Å². The third kappa shape index (κ3) is 6.56. The zero-order valence-electron chi connectivity index (χ0n) is 29.7. The molecular weight excluding hydrogens is 646 g/mol. The fourth-order valence-corrected chi connectivity index (χ4v) is 6.36. The van der Waals surface area contributed by atoms with Gasteiger partial charge in [-0.1, -0.05) is 19.9 Å². The monoisotopic (exact) mass is 689 g/mol. The molecule has 1 atom stereocenters. The standard InChI is InChI=1S/C37H43N3O10/c1-9-21(33(44)50-36(6,7)8)18-48-35(46)39(20(4)5)17-30(42)49-37(11-3)27-15-29-31-25(16-40(29)32(43)26(27)19-47-34(37)45)23(10-2)24-14-22(41)12-13-28(24)38-31/h9,12-15,20,41H,10-11,16-19H2,1-8H3/b21-9+/t37-/m0/s1. The van der Waals surface area contributed by atoms with E-state index in [0.29, 0.717) is 23.3 Å². The molecule has 13 heteroatoms. The lowest BCUT2D eigenvalue weighted by Gasteiger charge is -2.36. The number of esters is 3. The van der Waals surface area contributed by atoms with Gasteiger partial charge in [-0.15, -0.1) is 0 Å². The first-order valence-electron chi connectivity index (χ1n) is 16.7. The Balaban J connectivity index is 1.45. The fraction of sp³-hybridized carbons (Fsp3) is 0.459. The van der Waals surface area contributed by atoms with E-state index in [1.807, 2.05) is 6.92 Å². The number of hydrogen-bond acceptors (Lipinski definition) is 11. The number of phenolic OH excluding ortho intramolecular Hbond substituents is 1. The van der Waals surface area contributed by atoms with Gasteiger partial charge in [0.15, 0.2) is 0 Å². The number of cyclic esters (lactones) is 1. The van der Waals surface area contributed by atoms with Crippen LogP contribution < -0.4 is 5.56 Å². The first-order valence-corrected chi connectivity index (χ1v) is 16.7. The van der Waals surface area contributed by atoms with Gasteiger partial charge in [0.2, 0.25) is 5.60 Å². The highest BCUT2D eigenvalue weighted by atomic mass is 16.6. The number of aromatic nitrogens is 2. The number of benzene rings is 1. The normalized spacial score (nSPS) is 16.7. The van der Waals surface area contributed by atoms with Crippen molar-refractivity contribution in [3.05, 3.63) is 68.5 Å². The van der Waals surface area contributed by atoms with Crippen LogP contribution in [0.2, 0.25) is 0 Å². The Kier molecular flexibility index (Phi) is 9.82. The molecule has 2 aliphatic heterocycles. The van der Waals surface area contributed by atoms with Gasteiger partial charge in [-0.2, -0.15) is 0 Å². The van der Waals surface area contributed by atoms with Gasteiger partial charge in [0.25, 0.3) is 5.56 Å². The number of hydrogen-bond donors (Lipinski definition) is 1. The SMILES string of the molecule is C/C=C(\COC(=O)N(CC(=O)O[C@]1(CC)C(=O)OCc2c1cc1n(c2=O)Cc2c-1nc1ccc(O)cc1c2CC)C(C)C)C(=O)OC(C)(C)C. The molecule has 1 aromatic carbocycles. The zero-order chi connectivity index (χ0) is 36.7. The first-order chi connectivity index (χ1) is 23.5. The van der Waals surface area contributed by atoms with Gasteiger partial charge in [0.05, 0.1) is 34.6 Å². The third-order valence-electron chi connectivity index (χ3n) is 8.92. The second kappa shape index (κ2) is 13.6. The highest BCUT2D eigenvalue weighted by molar-refractivity contribution is 5.91. The van der Waals surface area contributed by atoms with E-state index in [4.69, 9.17) is 23.9 Å². The van der Waals surface area contributed by atoms with Crippen LogP contribution in [0.5, 0.6) is 5.75 Å². The Morgan fingerprint density at radius 3 is 2.48 bits per heavy atom. The third-order valence-corrected chi connectivity index (χ3v) is 8.92. The van der Waals surface area contributed by atoms with Crippen LogP contribution >= 0.6 is 0 Å². The molecule has 1 N–H and O–H groups in total. The predicted octanol–water partition coefficient (Wildman–Crippen LogP) is 5.03. The maximum Gasteiger partial charge on any atom is 0.410 e. The van der Waals surface area contributed by atoms with Crippen molar-refractivity contribution in [3.63, 3.8) is 0 Å². The molecule has 3 aromatic rings. The molecule has 5 rings (SSSR count). The lowest BCUT2D eigenvalue weighted by molar-refractivity contribution is -0.190. The van der Waals surface area contributed by atoms with Gasteiger partial charge >= 0.3 is 24.0 Å². The summed E-state index contributed by atoms with van der Waals surface area (Å²) in [5.74, 6) is -2.30. The van der Waals surface area contributed by atoms with Gasteiger partial charge in [0, 0.05) is 22.6 Å². The van der Waals surface area contributed by atoms with Crippen molar-refractivity contribution < 1.29 is 43.2 Å². The molecular formula is C37H43N3O10. The van der Waals surface area contributed by atoms with Crippen LogP contribution in [-0.2, 0) is 58.5 Å². The van der Waals surface area contributed by atoms with E-state index < -0.39 is 53.3 Å². The number of ether oxygens (including phenoxy) is 4. The van der Waals surface area contributed by atoms with Crippen molar-refractivity contribution in [2.45, 2.75) is 98.6 Å². The number of phenols is 1. The average Bonchev–Trinajstić information content (AvgIpc) is 3.41. The smallest absolute Gasteiger partial charge is 0.410 e. The molecule has 266 valence electrons.